The quantitative estimate of drug-likeness (QED) is 0.767. The first-order valence-corrected chi connectivity index (χ1v) is 9.63. The largest absolute Gasteiger partial charge is 0.396 e. The number of aliphatic hydroxyl groups excluding tert-OH is 2. The number of benzene rings is 1. The van der Waals surface area contributed by atoms with Crippen LogP contribution in [0.1, 0.15) is 62.1 Å². The SMILES string of the molecule is O=C(NC1CCC(O)CC1)N(CCCO)[C@H]1CCCc2ccccc21. The summed E-state index contributed by atoms with van der Waals surface area (Å²) in [4.78, 5) is 14.9. The Bertz CT molecular complexity index is 570. The predicted molar refractivity (Wildman–Crippen MR) is 97.3 cm³/mol. The van der Waals surface area contributed by atoms with Gasteiger partial charge >= 0.3 is 6.03 Å². The Morgan fingerprint density at radius 3 is 2.68 bits per heavy atom. The van der Waals surface area contributed by atoms with Gasteiger partial charge in [-0.2, -0.15) is 0 Å². The Hall–Kier alpha value is -1.59. The highest BCUT2D eigenvalue weighted by Gasteiger charge is 2.30. The van der Waals surface area contributed by atoms with E-state index < -0.39 is 0 Å². The summed E-state index contributed by atoms with van der Waals surface area (Å²) >= 11 is 0. The van der Waals surface area contributed by atoms with E-state index in [1.807, 2.05) is 11.0 Å². The summed E-state index contributed by atoms with van der Waals surface area (Å²) in [6, 6.07) is 8.60. The average Bonchev–Trinajstić information content (AvgIpc) is 2.64. The van der Waals surface area contributed by atoms with Gasteiger partial charge in [-0.1, -0.05) is 24.3 Å². The first-order chi connectivity index (χ1) is 12.2. The Balaban J connectivity index is 1.72. The molecule has 138 valence electrons. The first-order valence-electron chi connectivity index (χ1n) is 9.63. The number of hydrogen-bond donors (Lipinski definition) is 3. The van der Waals surface area contributed by atoms with Gasteiger partial charge in [-0.05, 0) is 62.5 Å². The van der Waals surface area contributed by atoms with E-state index in [4.69, 9.17) is 0 Å². The Morgan fingerprint density at radius 2 is 1.92 bits per heavy atom. The Morgan fingerprint density at radius 1 is 1.16 bits per heavy atom. The van der Waals surface area contributed by atoms with Crippen molar-refractivity contribution in [2.45, 2.75) is 69.6 Å². The molecule has 0 bridgehead atoms. The minimum absolute atomic E-state index is 0.0310. The van der Waals surface area contributed by atoms with Crippen LogP contribution in [0.3, 0.4) is 0 Å². The maximum atomic E-state index is 13.0. The number of rotatable bonds is 5. The summed E-state index contributed by atoms with van der Waals surface area (Å²) < 4.78 is 0. The number of carbonyl (C=O) groups excluding carboxylic acids is 1. The van der Waals surface area contributed by atoms with Crippen LogP contribution in [-0.4, -0.2) is 46.4 Å². The third-order valence-electron chi connectivity index (χ3n) is 5.56. The highest BCUT2D eigenvalue weighted by Crippen LogP contribution is 2.34. The van der Waals surface area contributed by atoms with Gasteiger partial charge in [0, 0.05) is 19.2 Å². The number of aryl methyl sites for hydroxylation is 1. The van der Waals surface area contributed by atoms with E-state index in [2.05, 4.69) is 23.5 Å². The van der Waals surface area contributed by atoms with Crippen LogP contribution in [0.25, 0.3) is 0 Å². The zero-order valence-electron chi connectivity index (χ0n) is 14.9. The lowest BCUT2D eigenvalue weighted by molar-refractivity contribution is 0.111. The average molecular weight is 346 g/mol. The number of nitrogens with one attached hydrogen (secondary N) is 1. The molecule has 5 nitrogen and oxygen atoms in total. The number of fused-ring (bicyclic) bond motifs is 1. The molecular formula is C20H30N2O3. The van der Waals surface area contributed by atoms with E-state index in [1.54, 1.807) is 0 Å². The summed E-state index contributed by atoms with van der Waals surface area (Å²) in [6.07, 6.45) is 6.69. The highest BCUT2D eigenvalue weighted by atomic mass is 16.3. The molecule has 0 unspecified atom stereocenters. The molecule has 0 aromatic heterocycles. The van der Waals surface area contributed by atoms with E-state index in [-0.39, 0.29) is 30.8 Å². The van der Waals surface area contributed by atoms with Crippen molar-refractivity contribution in [2.75, 3.05) is 13.2 Å². The van der Waals surface area contributed by atoms with Crippen molar-refractivity contribution in [3.8, 4) is 0 Å². The van der Waals surface area contributed by atoms with E-state index >= 15 is 0 Å². The van der Waals surface area contributed by atoms with Crippen LogP contribution in [0.2, 0.25) is 0 Å². The van der Waals surface area contributed by atoms with Crippen LogP contribution in [0.5, 0.6) is 0 Å². The predicted octanol–water partition coefficient (Wildman–Crippen LogP) is 2.76. The standard InChI is InChI=1S/C20H30N2O3/c23-14-4-13-22(20(25)21-16-9-11-17(24)12-10-16)19-8-3-6-15-5-1-2-7-18(15)19/h1-2,5,7,16-17,19,23-24H,3-4,6,8-14H2,(H,21,25)/t16?,17?,19-/m0/s1. The molecule has 1 aromatic rings. The van der Waals surface area contributed by atoms with Gasteiger partial charge in [0.25, 0.3) is 0 Å². The summed E-state index contributed by atoms with van der Waals surface area (Å²) in [7, 11) is 0. The zero-order valence-corrected chi connectivity index (χ0v) is 14.9. The minimum atomic E-state index is -0.219. The molecule has 5 heteroatoms. The molecular weight excluding hydrogens is 316 g/mol. The zero-order chi connectivity index (χ0) is 17.6. The summed E-state index contributed by atoms with van der Waals surface area (Å²) in [5, 5.41) is 22.1. The summed E-state index contributed by atoms with van der Waals surface area (Å²) in [5.74, 6) is 0. The number of hydrogen-bond acceptors (Lipinski definition) is 3. The molecule has 0 spiro atoms. The lowest BCUT2D eigenvalue weighted by Gasteiger charge is -2.37. The van der Waals surface area contributed by atoms with Gasteiger partial charge < -0.3 is 20.4 Å². The second-order valence-corrected chi connectivity index (χ2v) is 7.33. The van der Waals surface area contributed by atoms with Crippen molar-refractivity contribution in [2.24, 2.45) is 0 Å². The fraction of sp³-hybridized carbons (Fsp3) is 0.650. The molecule has 2 aliphatic carbocycles. The third-order valence-corrected chi connectivity index (χ3v) is 5.56. The molecule has 1 aromatic carbocycles. The van der Waals surface area contributed by atoms with Crippen molar-refractivity contribution in [3.63, 3.8) is 0 Å². The van der Waals surface area contributed by atoms with Crippen molar-refractivity contribution < 1.29 is 15.0 Å². The Labute approximate surface area is 150 Å². The fourth-order valence-electron chi connectivity index (χ4n) is 4.17. The molecule has 0 saturated heterocycles. The smallest absolute Gasteiger partial charge is 0.318 e. The number of nitrogens with zero attached hydrogens (tertiary/aromatic N) is 1. The second kappa shape index (κ2) is 8.68. The van der Waals surface area contributed by atoms with Gasteiger partial charge in [0.1, 0.15) is 0 Å². The number of carbonyl (C=O) groups is 1. The van der Waals surface area contributed by atoms with E-state index in [0.717, 1.165) is 44.9 Å². The van der Waals surface area contributed by atoms with Gasteiger partial charge in [0.15, 0.2) is 0 Å². The van der Waals surface area contributed by atoms with Gasteiger partial charge in [0.05, 0.1) is 12.1 Å². The molecule has 2 amide bonds. The maximum absolute atomic E-state index is 13.0. The molecule has 3 N–H and O–H groups in total. The maximum Gasteiger partial charge on any atom is 0.318 e. The van der Waals surface area contributed by atoms with Crippen LogP contribution >= 0.6 is 0 Å². The van der Waals surface area contributed by atoms with Gasteiger partial charge in [0.2, 0.25) is 0 Å². The number of amides is 2. The van der Waals surface area contributed by atoms with Gasteiger partial charge in [-0.3, -0.25) is 0 Å². The first kappa shape index (κ1) is 18.2. The van der Waals surface area contributed by atoms with Crippen molar-refractivity contribution in [1.82, 2.24) is 10.2 Å². The molecule has 1 saturated carbocycles. The number of aliphatic hydroxyl groups is 2. The normalized spacial score (nSPS) is 25.9. The third kappa shape index (κ3) is 4.53. The Kier molecular flexibility index (Phi) is 6.32. The van der Waals surface area contributed by atoms with Crippen molar-refractivity contribution in [1.29, 1.82) is 0 Å². The minimum Gasteiger partial charge on any atom is -0.396 e. The molecule has 0 radical (unpaired) electrons. The van der Waals surface area contributed by atoms with Crippen LogP contribution in [-0.2, 0) is 6.42 Å². The van der Waals surface area contributed by atoms with Crippen molar-refractivity contribution in [3.05, 3.63) is 35.4 Å². The molecule has 25 heavy (non-hydrogen) atoms. The molecule has 0 aliphatic heterocycles. The molecule has 1 atom stereocenters. The fourth-order valence-corrected chi connectivity index (χ4v) is 4.17. The molecule has 3 rings (SSSR count). The van der Waals surface area contributed by atoms with Crippen LogP contribution in [0.15, 0.2) is 24.3 Å². The summed E-state index contributed by atoms with van der Waals surface area (Å²) in [6.45, 7) is 0.657. The lowest BCUT2D eigenvalue weighted by atomic mass is 9.86. The van der Waals surface area contributed by atoms with Gasteiger partial charge in [-0.25, -0.2) is 4.79 Å². The van der Waals surface area contributed by atoms with Crippen molar-refractivity contribution >= 4 is 6.03 Å². The van der Waals surface area contributed by atoms with E-state index in [9.17, 15) is 15.0 Å². The number of urea groups is 1. The van der Waals surface area contributed by atoms with E-state index in [1.165, 1.54) is 11.1 Å². The van der Waals surface area contributed by atoms with Crippen LogP contribution in [0, 0.1) is 0 Å². The topological polar surface area (TPSA) is 72.8 Å². The van der Waals surface area contributed by atoms with Crippen LogP contribution < -0.4 is 5.32 Å². The summed E-state index contributed by atoms with van der Waals surface area (Å²) in [5.41, 5.74) is 2.59. The molecule has 2 aliphatic rings. The lowest BCUT2D eigenvalue weighted by Crippen LogP contribution is -2.48. The van der Waals surface area contributed by atoms with E-state index in [0.29, 0.717) is 13.0 Å². The van der Waals surface area contributed by atoms with Crippen LogP contribution in [0.4, 0.5) is 4.79 Å². The molecule has 0 heterocycles. The monoisotopic (exact) mass is 346 g/mol. The molecule has 1 fully saturated rings. The second-order valence-electron chi connectivity index (χ2n) is 7.33. The van der Waals surface area contributed by atoms with Gasteiger partial charge in [-0.15, -0.1) is 0 Å². The highest BCUT2D eigenvalue weighted by molar-refractivity contribution is 5.75.